The van der Waals surface area contributed by atoms with Crippen molar-refractivity contribution in [3.8, 4) is 0 Å². The van der Waals surface area contributed by atoms with E-state index in [0.717, 1.165) is 29.8 Å². The maximum atomic E-state index is 5.99. The lowest BCUT2D eigenvalue weighted by molar-refractivity contribution is 0.300. The van der Waals surface area contributed by atoms with Crippen molar-refractivity contribution in [2.24, 2.45) is 11.8 Å². The molecular formula is C14H21IN2. The fourth-order valence-corrected chi connectivity index (χ4v) is 3.00. The van der Waals surface area contributed by atoms with Crippen molar-refractivity contribution in [3.05, 3.63) is 21.8 Å². The highest BCUT2D eigenvalue weighted by atomic mass is 127. The Morgan fingerprint density at radius 2 is 2.00 bits per heavy atom. The molecule has 0 saturated heterocycles. The SMILES string of the molecule is CC1CCC(CNc2ccc(I)cc2N)CC1. The zero-order chi connectivity index (χ0) is 12.3. The first-order valence-corrected chi connectivity index (χ1v) is 7.52. The number of hydrogen-bond donors (Lipinski definition) is 2. The zero-order valence-corrected chi connectivity index (χ0v) is 12.5. The molecule has 1 aliphatic rings. The molecule has 1 aliphatic carbocycles. The van der Waals surface area contributed by atoms with Gasteiger partial charge in [0.2, 0.25) is 0 Å². The molecule has 0 spiro atoms. The minimum absolute atomic E-state index is 0.824. The van der Waals surface area contributed by atoms with Gasteiger partial charge >= 0.3 is 0 Å². The molecule has 3 heteroatoms. The van der Waals surface area contributed by atoms with Gasteiger partial charge in [-0.1, -0.05) is 19.8 Å². The predicted molar refractivity (Wildman–Crippen MR) is 83.2 cm³/mol. The van der Waals surface area contributed by atoms with Gasteiger partial charge in [0.15, 0.2) is 0 Å². The number of anilines is 2. The first-order chi connectivity index (χ1) is 8.15. The molecule has 2 nitrogen and oxygen atoms in total. The Balaban J connectivity index is 1.85. The molecule has 0 amide bonds. The van der Waals surface area contributed by atoms with E-state index in [2.05, 4.69) is 47.0 Å². The van der Waals surface area contributed by atoms with Gasteiger partial charge in [-0.25, -0.2) is 0 Å². The van der Waals surface area contributed by atoms with Crippen molar-refractivity contribution in [3.63, 3.8) is 0 Å². The summed E-state index contributed by atoms with van der Waals surface area (Å²) in [7, 11) is 0. The van der Waals surface area contributed by atoms with Gasteiger partial charge in [0.05, 0.1) is 11.4 Å². The maximum Gasteiger partial charge on any atom is 0.0574 e. The maximum absolute atomic E-state index is 5.99. The Bertz CT molecular complexity index is 370. The van der Waals surface area contributed by atoms with E-state index >= 15 is 0 Å². The standard InChI is InChI=1S/C14H21IN2/c1-10-2-4-11(5-3-10)9-17-14-7-6-12(15)8-13(14)16/h6-8,10-11,17H,2-5,9,16H2,1H3. The lowest BCUT2D eigenvalue weighted by Gasteiger charge is -2.26. The van der Waals surface area contributed by atoms with Crippen LogP contribution in [0.15, 0.2) is 18.2 Å². The fourth-order valence-electron chi connectivity index (χ4n) is 2.48. The molecule has 0 bridgehead atoms. The summed E-state index contributed by atoms with van der Waals surface area (Å²) in [6.45, 7) is 3.43. The molecule has 1 aromatic rings. The van der Waals surface area contributed by atoms with Gasteiger partial charge in [0.1, 0.15) is 0 Å². The minimum Gasteiger partial charge on any atom is -0.397 e. The smallest absolute Gasteiger partial charge is 0.0574 e. The van der Waals surface area contributed by atoms with Crippen molar-refractivity contribution in [2.75, 3.05) is 17.6 Å². The molecule has 0 radical (unpaired) electrons. The summed E-state index contributed by atoms with van der Waals surface area (Å²) < 4.78 is 1.19. The van der Waals surface area contributed by atoms with Gasteiger partial charge in [0, 0.05) is 10.1 Å². The molecule has 94 valence electrons. The number of benzene rings is 1. The van der Waals surface area contributed by atoms with Crippen LogP contribution in [0.2, 0.25) is 0 Å². The average Bonchev–Trinajstić information content (AvgIpc) is 2.30. The monoisotopic (exact) mass is 344 g/mol. The Morgan fingerprint density at radius 1 is 1.29 bits per heavy atom. The van der Waals surface area contributed by atoms with Crippen LogP contribution in [0.5, 0.6) is 0 Å². The van der Waals surface area contributed by atoms with E-state index < -0.39 is 0 Å². The second-order valence-corrected chi connectivity index (χ2v) is 6.48. The minimum atomic E-state index is 0.824. The van der Waals surface area contributed by atoms with Crippen molar-refractivity contribution in [2.45, 2.75) is 32.6 Å². The summed E-state index contributed by atoms with van der Waals surface area (Å²) in [5, 5.41) is 3.50. The summed E-state index contributed by atoms with van der Waals surface area (Å²) in [6, 6.07) is 6.20. The third-order valence-corrected chi connectivity index (χ3v) is 4.40. The van der Waals surface area contributed by atoms with Crippen LogP contribution in [0.25, 0.3) is 0 Å². The molecule has 1 fully saturated rings. The normalized spacial score (nSPS) is 24.6. The Morgan fingerprint density at radius 3 is 2.65 bits per heavy atom. The fraction of sp³-hybridized carbons (Fsp3) is 0.571. The first kappa shape index (κ1) is 13.0. The molecule has 3 N–H and O–H groups in total. The first-order valence-electron chi connectivity index (χ1n) is 6.44. The van der Waals surface area contributed by atoms with E-state index in [-0.39, 0.29) is 0 Å². The van der Waals surface area contributed by atoms with Crippen molar-refractivity contribution >= 4 is 34.0 Å². The van der Waals surface area contributed by atoms with Gasteiger partial charge in [-0.2, -0.15) is 0 Å². The molecule has 1 saturated carbocycles. The lowest BCUT2D eigenvalue weighted by Crippen LogP contribution is -2.20. The van der Waals surface area contributed by atoms with E-state index in [1.54, 1.807) is 0 Å². The Hall–Kier alpha value is -0.450. The summed E-state index contributed by atoms with van der Waals surface area (Å²) in [4.78, 5) is 0. The molecular weight excluding hydrogens is 323 g/mol. The van der Waals surface area contributed by atoms with E-state index in [9.17, 15) is 0 Å². The highest BCUT2D eigenvalue weighted by Gasteiger charge is 2.17. The number of nitrogens with two attached hydrogens (primary N) is 1. The highest BCUT2D eigenvalue weighted by Crippen LogP contribution is 2.29. The third kappa shape index (κ3) is 3.76. The zero-order valence-electron chi connectivity index (χ0n) is 10.4. The van der Waals surface area contributed by atoms with Crippen LogP contribution in [-0.4, -0.2) is 6.54 Å². The quantitative estimate of drug-likeness (QED) is 0.640. The molecule has 0 unspecified atom stereocenters. The summed E-state index contributed by atoms with van der Waals surface area (Å²) in [6.07, 6.45) is 5.49. The van der Waals surface area contributed by atoms with Crippen LogP contribution in [0.3, 0.4) is 0 Å². The number of halogens is 1. The molecule has 0 aliphatic heterocycles. The van der Waals surface area contributed by atoms with Crippen LogP contribution in [-0.2, 0) is 0 Å². The summed E-state index contributed by atoms with van der Waals surface area (Å²) in [5.74, 6) is 1.75. The highest BCUT2D eigenvalue weighted by molar-refractivity contribution is 14.1. The van der Waals surface area contributed by atoms with Crippen LogP contribution < -0.4 is 11.1 Å². The number of nitrogens with one attached hydrogen (secondary N) is 1. The predicted octanol–water partition coefficient (Wildman–Crippen LogP) is 4.11. The topological polar surface area (TPSA) is 38.0 Å². The van der Waals surface area contributed by atoms with Gasteiger partial charge in [-0.15, -0.1) is 0 Å². The summed E-state index contributed by atoms with van der Waals surface area (Å²) in [5.41, 5.74) is 7.94. The summed E-state index contributed by atoms with van der Waals surface area (Å²) >= 11 is 2.29. The van der Waals surface area contributed by atoms with Crippen molar-refractivity contribution in [1.82, 2.24) is 0 Å². The largest absolute Gasteiger partial charge is 0.397 e. The average molecular weight is 344 g/mol. The van der Waals surface area contributed by atoms with Gasteiger partial charge in [-0.3, -0.25) is 0 Å². The molecule has 17 heavy (non-hydrogen) atoms. The Labute approximate surface area is 117 Å². The van der Waals surface area contributed by atoms with E-state index in [1.165, 1.54) is 29.3 Å². The second-order valence-electron chi connectivity index (χ2n) is 5.24. The van der Waals surface area contributed by atoms with Crippen molar-refractivity contribution in [1.29, 1.82) is 0 Å². The molecule has 0 heterocycles. The van der Waals surface area contributed by atoms with Crippen LogP contribution in [0, 0.1) is 15.4 Å². The molecule has 0 aromatic heterocycles. The second kappa shape index (κ2) is 5.94. The van der Waals surface area contributed by atoms with Crippen LogP contribution >= 0.6 is 22.6 Å². The number of nitrogen functional groups attached to an aromatic ring is 1. The van der Waals surface area contributed by atoms with Gasteiger partial charge < -0.3 is 11.1 Å². The molecule has 2 rings (SSSR count). The Kier molecular flexibility index (Phi) is 4.54. The number of rotatable bonds is 3. The van der Waals surface area contributed by atoms with Crippen molar-refractivity contribution < 1.29 is 0 Å². The van der Waals surface area contributed by atoms with E-state index in [4.69, 9.17) is 5.73 Å². The molecule has 1 aromatic carbocycles. The van der Waals surface area contributed by atoms with Crippen LogP contribution in [0.1, 0.15) is 32.6 Å². The van der Waals surface area contributed by atoms with Crippen LogP contribution in [0.4, 0.5) is 11.4 Å². The van der Waals surface area contributed by atoms with E-state index in [1.807, 2.05) is 6.07 Å². The molecule has 0 atom stereocenters. The number of hydrogen-bond acceptors (Lipinski definition) is 2. The van der Waals surface area contributed by atoms with Gasteiger partial charge in [0.25, 0.3) is 0 Å². The lowest BCUT2D eigenvalue weighted by atomic mass is 9.83. The van der Waals surface area contributed by atoms with E-state index in [0.29, 0.717) is 0 Å². The van der Waals surface area contributed by atoms with Gasteiger partial charge in [-0.05, 0) is 65.5 Å². The third-order valence-electron chi connectivity index (χ3n) is 3.73.